The molecule has 0 radical (unpaired) electrons. The normalized spacial score (nSPS) is 10.9. The number of ether oxygens (including phenoxy) is 1. The van der Waals surface area contributed by atoms with Crippen LogP contribution in [-0.4, -0.2) is 33.1 Å². The number of pyridine rings is 1. The molecule has 3 rings (SSSR count). The van der Waals surface area contributed by atoms with E-state index in [0.29, 0.717) is 28.0 Å². The monoisotopic (exact) mass is 329 g/mol. The van der Waals surface area contributed by atoms with Gasteiger partial charge in [-0.25, -0.2) is 9.78 Å². The third kappa shape index (κ3) is 2.87. The highest BCUT2D eigenvalue weighted by atomic mass is 32.1. The third-order valence-corrected chi connectivity index (χ3v) is 4.26. The zero-order valence-corrected chi connectivity index (χ0v) is 13.8. The van der Waals surface area contributed by atoms with Gasteiger partial charge in [0.15, 0.2) is 11.4 Å². The summed E-state index contributed by atoms with van der Waals surface area (Å²) < 4.78 is 6.73. The molecule has 7 heteroatoms. The van der Waals surface area contributed by atoms with Crippen LogP contribution in [0, 0.1) is 6.92 Å². The molecule has 0 spiro atoms. The topological polar surface area (TPSA) is 74.1 Å². The summed E-state index contributed by atoms with van der Waals surface area (Å²) in [5, 5.41) is 6.94. The van der Waals surface area contributed by atoms with Crippen molar-refractivity contribution in [2.45, 2.75) is 13.8 Å². The molecule has 0 aliphatic rings. The predicted octanol–water partition coefficient (Wildman–Crippen LogP) is 2.75. The van der Waals surface area contributed by atoms with E-state index in [1.807, 2.05) is 24.4 Å². The van der Waals surface area contributed by atoms with Gasteiger partial charge in [-0.1, -0.05) is 6.07 Å². The fourth-order valence-electron chi connectivity index (χ4n) is 2.40. The number of carbonyl (C=O) groups excluding carboxylic acids is 2. The molecular formula is C16H15N3O3S. The van der Waals surface area contributed by atoms with Crippen molar-refractivity contribution in [2.24, 2.45) is 7.05 Å². The smallest absolute Gasteiger partial charge is 0.339 e. The van der Waals surface area contributed by atoms with Gasteiger partial charge in [-0.3, -0.25) is 9.48 Å². The number of Topliss-reactive ketones (excluding diaryl/α,β-unsaturated/α-hetero) is 1. The van der Waals surface area contributed by atoms with Crippen LogP contribution in [-0.2, 0) is 16.6 Å². The molecule has 0 aromatic carbocycles. The summed E-state index contributed by atoms with van der Waals surface area (Å²) in [6, 6.07) is 5.56. The van der Waals surface area contributed by atoms with Crippen molar-refractivity contribution in [3.63, 3.8) is 0 Å². The lowest BCUT2D eigenvalue weighted by Crippen LogP contribution is -2.12. The number of aryl methyl sites for hydroxylation is 2. The first-order valence-corrected chi connectivity index (χ1v) is 7.90. The Morgan fingerprint density at radius 3 is 2.83 bits per heavy atom. The number of thiophene rings is 1. The van der Waals surface area contributed by atoms with E-state index in [9.17, 15) is 9.59 Å². The molecule has 0 saturated carbocycles. The zero-order chi connectivity index (χ0) is 16.6. The molecule has 0 unspecified atom stereocenters. The second kappa shape index (κ2) is 5.92. The Labute approximate surface area is 136 Å². The van der Waals surface area contributed by atoms with Crippen molar-refractivity contribution in [1.82, 2.24) is 14.8 Å². The molecule has 0 bridgehead atoms. The van der Waals surface area contributed by atoms with Gasteiger partial charge in [0.05, 0.1) is 27.2 Å². The van der Waals surface area contributed by atoms with Crippen molar-refractivity contribution < 1.29 is 14.3 Å². The number of aromatic nitrogens is 3. The Morgan fingerprint density at radius 1 is 1.39 bits per heavy atom. The number of nitrogens with zero attached hydrogens (tertiary/aromatic N) is 3. The minimum atomic E-state index is -0.540. The Kier molecular flexibility index (Phi) is 3.96. The number of carbonyl (C=O) groups is 2. The summed E-state index contributed by atoms with van der Waals surface area (Å²) in [5.74, 6) is -0.744. The van der Waals surface area contributed by atoms with E-state index in [-0.39, 0.29) is 12.4 Å². The molecule has 23 heavy (non-hydrogen) atoms. The Morgan fingerprint density at radius 2 is 2.17 bits per heavy atom. The number of rotatable bonds is 4. The van der Waals surface area contributed by atoms with Crippen LogP contribution >= 0.6 is 11.3 Å². The first kappa shape index (κ1) is 15.4. The molecule has 0 aliphatic carbocycles. The molecular weight excluding hydrogens is 314 g/mol. The average molecular weight is 329 g/mol. The fourth-order valence-corrected chi connectivity index (χ4v) is 3.09. The first-order chi connectivity index (χ1) is 11.0. The first-order valence-electron chi connectivity index (χ1n) is 7.02. The molecule has 118 valence electrons. The molecule has 0 amide bonds. The lowest BCUT2D eigenvalue weighted by atomic mass is 10.1. The molecule has 3 aromatic heterocycles. The molecule has 0 N–H and O–H groups in total. The van der Waals surface area contributed by atoms with Crippen molar-refractivity contribution in [2.75, 3.05) is 6.61 Å². The number of hydrogen-bond donors (Lipinski definition) is 0. The highest BCUT2D eigenvalue weighted by Gasteiger charge is 2.20. The number of fused-ring (bicyclic) bond motifs is 1. The Bertz CT molecular complexity index is 897. The van der Waals surface area contributed by atoms with Crippen LogP contribution in [0.25, 0.3) is 21.6 Å². The van der Waals surface area contributed by atoms with Gasteiger partial charge in [0.2, 0.25) is 0 Å². The molecule has 0 fully saturated rings. The maximum Gasteiger partial charge on any atom is 0.339 e. The number of ketones is 1. The summed E-state index contributed by atoms with van der Waals surface area (Å²) in [4.78, 5) is 29.0. The number of esters is 1. The zero-order valence-electron chi connectivity index (χ0n) is 13.0. The van der Waals surface area contributed by atoms with Crippen LogP contribution in [0.3, 0.4) is 0 Å². The Hall–Kier alpha value is -2.54. The second-order valence-electron chi connectivity index (χ2n) is 5.22. The maximum atomic E-state index is 12.4. The minimum Gasteiger partial charge on any atom is -0.454 e. The quantitative estimate of drug-likeness (QED) is 0.688. The average Bonchev–Trinajstić information content (AvgIpc) is 3.13. The molecule has 3 heterocycles. The van der Waals surface area contributed by atoms with Gasteiger partial charge in [-0.2, -0.15) is 5.10 Å². The summed E-state index contributed by atoms with van der Waals surface area (Å²) in [5.41, 5.74) is 2.38. The van der Waals surface area contributed by atoms with E-state index in [0.717, 1.165) is 4.88 Å². The molecule has 3 aromatic rings. The van der Waals surface area contributed by atoms with Crippen LogP contribution in [0.15, 0.2) is 23.6 Å². The largest absolute Gasteiger partial charge is 0.454 e. The lowest BCUT2D eigenvalue weighted by molar-refractivity contribution is -0.120. The van der Waals surface area contributed by atoms with Gasteiger partial charge in [0.25, 0.3) is 0 Å². The number of hydrogen-bond acceptors (Lipinski definition) is 6. The van der Waals surface area contributed by atoms with Crippen LogP contribution < -0.4 is 0 Å². The molecule has 0 atom stereocenters. The van der Waals surface area contributed by atoms with Crippen molar-refractivity contribution in [1.29, 1.82) is 0 Å². The van der Waals surface area contributed by atoms with E-state index in [1.165, 1.54) is 18.3 Å². The third-order valence-electron chi connectivity index (χ3n) is 3.37. The highest BCUT2D eigenvalue weighted by Crippen LogP contribution is 2.29. The second-order valence-corrected chi connectivity index (χ2v) is 6.17. The standard InChI is InChI=1S/C16H15N3O3S/c1-9(20)8-22-16(21)11-7-12(13-5-4-6-23-13)17-15-14(11)10(2)18-19(15)3/h4-7H,8H2,1-3H3. The lowest BCUT2D eigenvalue weighted by Gasteiger charge is -2.07. The van der Waals surface area contributed by atoms with E-state index in [1.54, 1.807) is 17.8 Å². The van der Waals surface area contributed by atoms with Gasteiger partial charge in [0.1, 0.15) is 6.61 Å². The summed E-state index contributed by atoms with van der Waals surface area (Å²) in [6.45, 7) is 2.95. The van der Waals surface area contributed by atoms with E-state index >= 15 is 0 Å². The van der Waals surface area contributed by atoms with Gasteiger partial charge in [-0.15, -0.1) is 11.3 Å². The molecule has 0 saturated heterocycles. The van der Waals surface area contributed by atoms with Crippen molar-refractivity contribution in [3.05, 3.63) is 34.8 Å². The predicted molar refractivity (Wildman–Crippen MR) is 87.5 cm³/mol. The summed E-state index contributed by atoms with van der Waals surface area (Å²) in [7, 11) is 1.78. The summed E-state index contributed by atoms with van der Waals surface area (Å²) >= 11 is 1.54. The summed E-state index contributed by atoms with van der Waals surface area (Å²) in [6.07, 6.45) is 0. The maximum absolute atomic E-state index is 12.4. The highest BCUT2D eigenvalue weighted by molar-refractivity contribution is 7.13. The van der Waals surface area contributed by atoms with Crippen LogP contribution in [0.1, 0.15) is 23.0 Å². The fraction of sp³-hybridized carbons (Fsp3) is 0.250. The molecule has 0 aliphatic heterocycles. The SMILES string of the molecule is CC(=O)COC(=O)c1cc(-c2cccs2)nc2c1c(C)nn2C. The van der Waals surface area contributed by atoms with Gasteiger partial charge in [0, 0.05) is 7.05 Å². The van der Waals surface area contributed by atoms with Crippen molar-refractivity contribution in [3.8, 4) is 10.6 Å². The molecule has 6 nitrogen and oxygen atoms in total. The van der Waals surface area contributed by atoms with E-state index in [4.69, 9.17) is 4.74 Å². The Balaban J connectivity index is 2.17. The van der Waals surface area contributed by atoms with E-state index < -0.39 is 5.97 Å². The van der Waals surface area contributed by atoms with Gasteiger partial charge in [-0.05, 0) is 31.4 Å². The van der Waals surface area contributed by atoms with E-state index in [2.05, 4.69) is 10.1 Å². The van der Waals surface area contributed by atoms with Gasteiger partial charge < -0.3 is 4.74 Å². The van der Waals surface area contributed by atoms with Crippen molar-refractivity contribution >= 4 is 34.1 Å². The minimum absolute atomic E-state index is 0.204. The van der Waals surface area contributed by atoms with Crippen LogP contribution in [0.2, 0.25) is 0 Å². The van der Waals surface area contributed by atoms with Crippen LogP contribution in [0.4, 0.5) is 0 Å². The van der Waals surface area contributed by atoms with Crippen LogP contribution in [0.5, 0.6) is 0 Å². The van der Waals surface area contributed by atoms with Gasteiger partial charge >= 0.3 is 5.97 Å².